The topological polar surface area (TPSA) is 81.8 Å². The number of benzene rings is 1. The normalized spacial score (nSPS) is 10.9. The van der Waals surface area contributed by atoms with Crippen LogP contribution in [0.1, 0.15) is 16.1 Å². The number of aromatic amines is 2. The molecular weight excluding hydrogens is 230 g/mol. The van der Waals surface area contributed by atoms with Crippen LogP contribution < -0.4 is 0 Å². The lowest BCUT2D eigenvalue weighted by Crippen LogP contribution is -1.98. The number of hydrogen-bond donors (Lipinski definition) is 3. The smallest absolute Gasteiger partial charge is 0.352 e. The molecule has 0 spiro atoms. The Hall–Kier alpha value is -2.56. The van der Waals surface area contributed by atoms with E-state index in [1.54, 1.807) is 12.4 Å². The maximum absolute atomic E-state index is 11.3. The molecule has 0 aliphatic heterocycles. The van der Waals surface area contributed by atoms with Crippen LogP contribution in [0.3, 0.4) is 0 Å². The van der Waals surface area contributed by atoms with Crippen LogP contribution in [0, 0.1) is 6.92 Å². The number of carbonyl (C=O) groups is 1. The third kappa shape index (κ3) is 1.41. The zero-order valence-corrected chi connectivity index (χ0v) is 9.69. The molecule has 90 valence electrons. The van der Waals surface area contributed by atoms with Crippen molar-refractivity contribution >= 4 is 16.9 Å². The lowest BCUT2D eigenvalue weighted by molar-refractivity contribution is 0.0692. The van der Waals surface area contributed by atoms with Gasteiger partial charge >= 0.3 is 5.97 Å². The standard InChI is InChI=1S/C13H11N3O2/c1-7-3-2-4-9-10(8-5-14-15-6-8)12(13(17)18)16-11(7)9/h2-6,16H,1H3,(H,14,15)(H,17,18). The third-order valence-corrected chi connectivity index (χ3v) is 3.04. The summed E-state index contributed by atoms with van der Waals surface area (Å²) in [6.45, 7) is 1.95. The van der Waals surface area contributed by atoms with Crippen LogP contribution in [0.15, 0.2) is 30.6 Å². The van der Waals surface area contributed by atoms with Crippen LogP contribution in [0.5, 0.6) is 0 Å². The lowest BCUT2D eigenvalue weighted by Gasteiger charge is -1.98. The fourth-order valence-corrected chi connectivity index (χ4v) is 2.21. The van der Waals surface area contributed by atoms with Gasteiger partial charge in [0, 0.05) is 28.2 Å². The minimum absolute atomic E-state index is 0.195. The van der Waals surface area contributed by atoms with Gasteiger partial charge in [0.05, 0.1) is 6.20 Å². The zero-order chi connectivity index (χ0) is 12.7. The van der Waals surface area contributed by atoms with Crippen molar-refractivity contribution in [2.75, 3.05) is 0 Å². The van der Waals surface area contributed by atoms with Crippen molar-refractivity contribution in [1.82, 2.24) is 15.2 Å². The Balaban J connectivity index is 2.44. The Kier molecular flexibility index (Phi) is 2.19. The molecule has 0 fully saturated rings. The van der Waals surface area contributed by atoms with E-state index in [0.29, 0.717) is 5.56 Å². The van der Waals surface area contributed by atoms with Gasteiger partial charge in [-0.3, -0.25) is 5.10 Å². The predicted molar refractivity (Wildman–Crippen MR) is 67.6 cm³/mol. The molecule has 0 atom stereocenters. The molecule has 18 heavy (non-hydrogen) atoms. The molecule has 5 nitrogen and oxygen atoms in total. The van der Waals surface area contributed by atoms with E-state index < -0.39 is 5.97 Å². The monoisotopic (exact) mass is 241 g/mol. The Morgan fingerprint density at radius 3 is 2.89 bits per heavy atom. The molecule has 0 saturated heterocycles. The van der Waals surface area contributed by atoms with Crippen molar-refractivity contribution in [3.05, 3.63) is 41.9 Å². The molecule has 2 aromatic heterocycles. The van der Waals surface area contributed by atoms with Crippen LogP contribution in [0.4, 0.5) is 0 Å². The molecule has 0 aliphatic carbocycles. The van der Waals surface area contributed by atoms with Gasteiger partial charge in [0.25, 0.3) is 0 Å². The highest BCUT2D eigenvalue weighted by Crippen LogP contribution is 2.33. The first-order valence-corrected chi connectivity index (χ1v) is 5.52. The summed E-state index contributed by atoms with van der Waals surface area (Å²) in [5.74, 6) is -0.971. The van der Waals surface area contributed by atoms with E-state index in [1.807, 2.05) is 25.1 Å². The first kappa shape index (κ1) is 10.6. The SMILES string of the molecule is Cc1cccc2c(-c3cn[nH]c3)c(C(=O)O)[nH]c12. The van der Waals surface area contributed by atoms with Gasteiger partial charge in [-0.15, -0.1) is 0 Å². The van der Waals surface area contributed by atoms with E-state index in [-0.39, 0.29) is 5.69 Å². The lowest BCUT2D eigenvalue weighted by atomic mass is 10.0. The molecule has 0 radical (unpaired) electrons. The number of hydrogen-bond acceptors (Lipinski definition) is 2. The largest absolute Gasteiger partial charge is 0.477 e. The summed E-state index contributed by atoms with van der Waals surface area (Å²) in [4.78, 5) is 14.3. The number of H-pyrrole nitrogens is 2. The fraction of sp³-hybridized carbons (Fsp3) is 0.0769. The molecule has 0 amide bonds. The van der Waals surface area contributed by atoms with Gasteiger partial charge in [-0.05, 0) is 12.5 Å². The fourth-order valence-electron chi connectivity index (χ4n) is 2.21. The highest BCUT2D eigenvalue weighted by atomic mass is 16.4. The first-order chi connectivity index (χ1) is 8.68. The molecule has 3 rings (SSSR count). The van der Waals surface area contributed by atoms with Crippen molar-refractivity contribution in [3.63, 3.8) is 0 Å². The second-order valence-electron chi connectivity index (χ2n) is 4.16. The van der Waals surface area contributed by atoms with E-state index >= 15 is 0 Å². The number of aryl methyl sites for hydroxylation is 1. The molecule has 3 aromatic rings. The average molecular weight is 241 g/mol. The predicted octanol–water partition coefficient (Wildman–Crippen LogP) is 2.56. The summed E-state index contributed by atoms with van der Waals surface area (Å²) in [6.07, 6.45) is 3.31. The summed E-state index contributed by atoms with van der Waals surface area (Å²) in [7, 11) is 0. The quantitative estimate of drug-likeness (QED) is 0.644. The molecular formula is C13H11N3O2. The number of rotatable bonds is 2. The molecule has 0 unspecified atom stereocenters. The Labute approximate surface area is 102 Å². The second-order valence-corrected chi connectivity index (χ2v) is 4.16. The van der Waals surface area contributed by atoms with Crippen LogP contribution in [0.2, 0.25) is 0 Å². The Bertz CT molecular complexity index is 726. The maximum Gasteiger partial charge on any atom is 0.352 e. The molecule has 5 heteroatoms. The number of carboxylic acid groups (broad SMARTS) is 1. The number of aromatic nitrogens is 3. The van der Waals surface area contributed by atoms with Crippen molar-refractivity contribution in [3.8, 4) is 11.1 Å². The van der Waals surface area contributed by atoms with Crippen LogP contribution >= 0.6 is 0 Å². The van der Waals surface area contributed by atoms with Crippen LogP contribution in [-0.4, -0.2) is 26.3 Å². The van der Waals surface area contributed by atoms with Crippen molar-refractivity contribution in [2.24, 2.45) is 0 Å². The van der Waals surface area contributed by atoms with Gasteiger partial charge in [0.1, 0.15) is 5.69 Å². The molecule has 1 aromatic carbocycles. The summed E-state index contributed by atoms with van der Waals surface area (Å²) >= 11 is 0. The molecule has 3 N–H and O–H groups in total. The second kappa shape index (κ2) is 3.73. The van der Waals surface area contributed by atoms with E-state index in [2.05, 4.69) is 15.2 Å². The summed E-state index contributed by atoms with van der Waals surface area (Å²) in [5, 5.41) is 16.8. The number of carboxylic acids is 1. The van der Waals surface area contributed by atoms with Gasteiger partial charge in [-0.1, -0.05) is 18.2 Å². The van der Waals surface area contributed by atoms with Gasteiger partial charge in [0.2, 0.25) is 0 Å². The summed E-state index contributed by atoms with van der Waals surface area (Å²) in [5.41, 5.74) is 3.51. The molecule has 0 aliphatic rings. The Morgan fingerprint density at radius 2 is 2.22 bits per heavy atom. The van der Waals surface area contributed by atoms with E-state index in [9.17, 15) is 9.90 Å². The minimum Gasteiger partial charge on any atom is -0.477 e. The minimum atomic E-state index is -0.971. The van der Waals surface area contributed by atoms with Gasteiger partial charge in [-0.25, -0.2) is 4.79 Å². The summed E-state index contributed by atoms with van der Waals surface area (Å²) < 4.78 is 0. The summed E-state index contributed by atoms with van der Waals surface area (Å²) in [6, 6.07) is 5.78. The average Bonchev–Trinajstić information content (AvgIpc) is 2.94. The van der Waals surface area contributed by atoms with Gasteiger partial charge in [-0.2, -0.15) is 5.10 Å². The number of para-hydroxylation sites is 1. The van der Waals surface area contributed by atoms with Crippen LogP contribution in [-0.2, 0) is 0 Å². The maximum atomic E-state index is 11.3. The number of nitrogens with zero attached hydrogens (tertiary/aromatic N) is 1. The van der Waals surface area contributed by atoms with Gasteiger partial charge < -0.3 is 10.1 Å². The van der Waals surface area contributed by atoms with Crippen molar-refractivity contribution < 1.29 is 9.90 Å². The first-order valence-electron chi connectivity index (χ1n) is 5.52. The molecule has 0 saturated carbocycles. The third-order valence-electron chi connectivity index (χ3n) is 3.04. The molecule has 0 bridgehead atoms. The number of nitrogens with one attached hydrogen (secondary N) is 2. The highest BCUT2D eigenvalue weighted by Gasteiger charge is 2.19. The van der Waals surface area contributed by atoms with Crippen molar-refractivity contribution in [2.45, 2.75) is 6.92 Å². The van der Waals surface area contributed by atoms with E-state index in [0.717, 1.165) is 22.0 Å². The van der Waals surface area contributed by atoms with E-state index in [4.69, 9.17) is 0 Å². The Morgan fingerprint density at radius 1 is 1.39 bits per heavy atom. The van der Waals surface area contributed by atoms with Crippen LogP contribution in [0.25, 0.3) is 22.0 Å². The van der Waals surface area contributed by atoms with Crippen molar-refractivity contribution in [1.29, 1.82) is 0 Å². The number of aromatic carboxylic acids is 1. The highest BCUT2D eigenvalue weighted by molar-refractivity contribution is 6.07. The zero-order valence-electron chi connectivity index (χ0n) is 9.69. The van der Waals surface area contributed by atoms with Gasteiger partial charge in [0.15, 0.2) is 0 Å². The molecule has 2 heterocycles. The van der Waals surface area contributed by atoms with E-state index in [1.165, 1.54) is 0 Å². The number of fused-ring (bicyclic) bond motifs is 1.